The highest BCUT2D eigenvalue weighted by Gasteiger charge is 2.23. The van der Waals surface area contributed by atoms with Crippen LogP contribution in [0.15, 0.2) is 24.3 Å². The van der Waals surface area contributed by atoms with Gasteiger partial charge >= 0.3 is 5.97 Å². The Bertz CT molecular complexity index is 421. The summed E-state index contributed by atoms with van der Waals surface area (Å²) in [6, 6.07) is 8.10. The lowest BCUT2D eigenvalue weighted by molar-refractivity contribution is -0.140. The summed E-state index contributed by atoms with van der Waals surface area (Å²) in [7, 11) is 0. The third-order valence-electron chi connectivity index (χ3n) is 3.59. The molecule has 0 bridgehead atoms. The van der Waals surface area contributed by atoms with Gasteiger partial charge in [0.15, 0.2) is 0 Å². The predicted octanol–water partition coefficient (Wildman–Crippen LogP) is 3.15. The Hall–Kier alpha value is -1.35. The number of hydrogen-bond donors (Lipinski definition) is 2. The first kappa shape index (κ1) is 14.1. The number of aliphatic carboxylic acids is 1. The van der Waals surface area contributed by atoms with E-state index in [9.17, 15) is 4.79 Å². The molecule has 2 N–H and O–H groups in total. The van der Waals surface area contributed by atoms with Gasteiger partial charge in [-0.25, -0.2) is 0 Å². The van der Waals surface area contributed by atoms with Crippen LogP contribution in [0.25, 0.3) is 0 Å². The van der Waals surface area contributed by atoms with Crippen LogP contribution in [0.3, 0.4) is 0 Å². The molecule has 104 valence electrons. The van der Waals surface area contributed by atoms with Crippen molar-refractivity contribution in [3.05, 3.63) is 35.4 Å². The Balaban J connectivity index is 1.87. The van der Waals surface area contributed by atoms with E-state index in [0.717, 1.165) is 11.5 Å². The lowest BCUT2D eigenvalue weighted by atomic mass is 10.0. The molecule has 0 spiro atoms. The molecule has 0 aliphatic heterocycles. The van der Waals surface area contributed by atoms with Gasteiger partial charge in [0.2, 0.25) is 0 Å². The smallest absolute Gasteiger partial charge is 0.320 e. The van der Waals surface area contributed by atoms with Crippen LogP contribution in [0.4, 0.5) is 0 Å². The van der Waals surface area contributed by atoms with Crippen molar-refractivity contribution in [3.63, 3.8) is 0 Å². The van der Waals surface area contributed by atoms with Gasteiger partial charge in [0, 0.05) is 6.54 Å². The number of carboxylic acid groups (broad SMARTS) is 1. The Morgan fingerprint density at radius 3 is 2.42 bits per heavy atom. The molecule has 1 aromatic rings. The van der Waals surface area contributed by atoms with Crippen LogP contribution < -0.4 is 5.32 Å². The number of carbonyl (C=O) groups is 1. The average molecular weight is 261 g/mol. The van der Waals surface area contributed by atoms with Gasteiger partial charge in [0.25, 0.3) is 0 Å². The van der Waals surface area contributed by atoms with Crippen LogP contribution in [-0.4, -0.2) is 17.1 Å². The average Bonchev–Trinajstić information content (AvgIpc) is 3.18. The summed E-state index contributed by atoms with van der Waals surface area (Å²) in [6.45, 7) is 4.71. The number of carboxylic acids is 1. The van der Waals surface area contributed by atoms with Gasteiger partial charge in [-0.2, -0.15) is 0 Å². The van der Waals surface area contributed by atoms with Crippen molar-refractivity contribution in [1.29, 1.82) is 0 Å². The quantitative estimate of drug-likeness (QED) is 0.792. The number of benzene rings is 1. The minimum atomic E-state index is -0.761. The van der Waals surface area contributed by atoms with Gasteiger partial charge in [0.05, 0.1) is 0 Å². The minimum Gasteiger partial charge on any atom is -0.480 e. The van der Waals surface area contributed by atoms with E-state index in [1.165, 1.54) is 18.4 Å². The molecule has 1 aliphatic carbocycles. The van der Waals surface area contributed by atoms with E-state index in [2.05, 4.69) is 29.6 Å². The molecule has 1 fully saturated rings. The molecular weight excluding hydrogens is 238 g/mol. The molecule has 0 amide bonds. The van der Waals surface area contributed by atoms with Crippen molar-refractivity contribution in [2.75, 3.05) is 0 Å². The fraction of sp³-hybridized carbons (Fsp3) is 0.562. The van der Waals surface area contributed by atoms with E-state index >= 15 is 0 Å². The molecule has 0 unspecified atom stereocenters. The van der Waals surface area contributed by atoms with Crippen molar-refractivity contribution in [3.8, 4) is 0 Å². The zero-order chi connectivity index (χ0) is 13.8. The van der Waals surface area contributed by atoms with Crippen molar-refractivity contribution >= 4 is 5.97 Å². The first-order valence-electron chi connectivity index (χ1n) is 7.11. The number of nitrogens with one attached hydrogen (secondary N) is 1. The fourth-order valence-electron chi connectivity index (χ4n) is 2.31. The molecule has 0 aromatic heterocycles. The maximum Gasteiger partial charge on any atom is 0.320 e. The van der Waals surface area contributed by atoms with Crippen LogP contribution >= 0.6 is 0 Å². The molecular formula is C16H23NO2. The summed E-state index contributed by atoms with van der Waals surface area (Å²) in [5, 5.41) is 12.3. The molecule has 1 aromatic carbocycles. The van der Waals surface area contributed by atoms with Crippen LogP contribution in [0, 0.1) is 5.92 Å². The molecule has 1 atom stereocenters. The normalized spacial score (nSPS) is 16.6. The van der Waals surface area contributed by atoms with E-state index in [-0.39, 0.29) is 0 Å². The highest BCUT2D eigenvalue weighted by atomic mass is 16.4. The van der Waals surface area contributed by atoms with Gasteiger partial charge in [0.1, 0.15) is 6.04 Å². The molecule has 19 heavy (non-hydrogen) atoms. The van der Waals surface area contributed by atoms with Crippen LogP contribution in [-0.2, 0) is 11.3 Å². The summed E-state index contributed by atoms with van der Waals surface area (Å²) in [6.07, 6.45) is 3.29. The second kappa shape index (κ2) is 6.20. The molecule has 0 radical (unpaired) electrons. The molecule has 3 nitrogen and oxygen atoms in total. The highest BCUT2D eigenvalue weighted by Crippen LogP contribution is 2.39. The van der Waals surface area contributed by atoms with Crippen molar-refractivity contribution in [2.24, 2.45) is 5.92 Å². The summed E-state index contributed by atoms with van der Waals surface area (Å²) < 4.78 is 0. The highest BCUT2D eigenvalue weighted by molar-refractivity contribution is 5.73. The second-order valence-corrected chi connectivity index (χ2v) is 5.92. The zero-order valence-electron chi connectivity index (χ0n) is 11.7. The SMILES string of the molecule is CC(C)C[C@@H](NCc1ccc(C2CC2)cc1)C(=O)O. The van der Waals surface area contributed by atoms with Gasteiger partial charge in [-0.05, 0) is 42.2 Å². The van der Waals surface area contributed by atoms with Crippen molar-refractivity contribution < 1.29 is 9.90 Å². The first-order chi connectivity index (χ1) is 9.06. The third-order valence-corrected chi connectivity index (χ3v) is 3.59. The van der Waals surface area contributed by atoms with Crippen molar-refractivity contribution in [2.45, 2.75) is 51.6 Å². The Labute approximate surface area is 115 Å². The monoisotopic (exact) mass is 261 g/mol. The van der Waals surface area contributed by atoms with E-state index < -0.39 is 12.0 Å². The summed E-state index contributed by atoms with van der Waals surface area (Å²) in [4.78, 5) is 11.1. The fourth-order valence-corrected chi connectivity index (χ4v) is 2.31. The Kier molecular flexibility index (Phi) is 4.59. The van der Waals surface area contributed by atoms with Gasteiger partial charge < -0.3 is 10.4 Å². The molecule has 0 heterocycles. The topological polar surface area (TPSA) is 49.3 Å². The van der Waals surface area contributed by atoms with Gasteiger partial charge in [-0.15, -0.1) is 0 Å². The minimum absolute atomic E-state index is 0.380. The largest absolute Gasteiger partial charge is 0.480 e. The lowest BCUT2D eigenvalue weighted by Crippen LogP contribution is -2.37. The predicted molar refractivity (Wildman–Crippen MR) is 76.1 cm³/mol. The molecule has 3 heteroatoms. The standard InChI is InChI=1S/C16H23NO2/c1-11(2)9-15(16(18)19)17-10-12-3-5-13(6-4-12)14-7-8-14/h3-6,11,14-15,17H,7-10H2,1-2H3,(H,18,19)/t15-/m1/s1. The van der Waals surface area contributed by atoms with Gasteiger partial charge in [-0.3, -0.25) is 4.79 Å². The zero-order valence-corrected chi connectivity index (χ0v) is 11.7. The first-order valence-corrected chi connectivity index (χ1v) is 7.11. The molecule has 1 aliphatic rings. The third kappa shape index (κ3) is 4.35. The van der Waals surface area contributed by atoms with E-state index in [1.807, 2.05) is 13.8 Å². The van der Waals surface area contributed by atoms with Crippen molar-refractivity contribution in [1.82, 2.24) is 5.32 Å². The van der Waals surface area contributed by atoms with E-state index in [4.69, 9.17) is 5.11 Å². The summed E-state index contributed by atoms with van der Waals surface area (Å²) in [5.41, 5.74) is 2.57. The number of hydrogen-bond acceptors (Lipinski definition) is 2. The van der Waals surface area contributed by atoms with Crippen LogP contribution in [0.2, 0.25) is 0 Å². The van der Waals surface area contributed by atoms with E-state index in [1.54, 1.807) is 0 Å². The van der Waals surface area contributed by atoms with Crippen LogP contribution in [0.1, 0.15) is 50.2 Å². The second-order valence-electron chi connectivity index (χ2n) is 5.92. The Morgan fingerprint density at radius 2 is 1.95 bits per heavy atom. The van der Waals surface area contributed by atoms with Crippen LogP contribution in [0.5, 0.6) is 0 Å². The maximum absolute atomic E-state index is 11.1. The maximum atomic E-state index is 11.1. The molecule has 0 saturated heterocycles. The Morgan fingerprint density at radius 1 is 1.32 bits per heavy atom. The summed E-state index contributed by atoms with van der Waals surface area (Å²) >= 11 is 0. The lowest BCUT2D eigenvalue weighted by Gasteiger charge is -2.16. The summed E-state index contributed by atoms with van der Waals surface area (Å²) in [5.74, 6) is 0.392. The van der Waals surface area contributed by atoms with Gasteiger partial charge in [-0.1, -0.05) is 38.1 Å². The van der Waals surface area contributed by atoms with E-state index in [0.29, 0.717) is 18.9 Å². The molecule has 2 rings (SSSR count). The number of rotatable bonds is 7. The molecule has 1 saturated carbocycles.